The number of nitrogens with zero attached hydrogens (tertiary/aromatic N) is 2. The van der Waals surface area contributed by atoms with E-state index in [4.69, 9.17) is 4.98 Å². The quantitative estimate of drug-likeness (QED) is 0.409. The average Bonchev–Trinajstić information content (AvgIpc) is 3.04. The van der Waals surface area contributed by atoms with Gasteiger partial charge in [0, 0.05) is 17.1 Å². The molecule has 0 fully saturated rings. The lowest BCUT2D eigenvalue weighted by molar-refractivity contribution is 1.28. The van der Waals surface area contributed by atoms with Crippen LogP contribution in [0.2, 0.25) is 0 Å². The van der Waals surface area contributed by atoms with Crippen molar-refractivity contribution in [2.24, 2.45) is 0 Å². The van der Waals surface area contributed by atoms with E-state index < -0.39 is 0 Å². The Hall–Kier alpha value is -3.13. The first-order chi connectivity index (χ1) is 11.4. The fourth-order valence-corrected chi connectivity index (χ4v) is 3.37. The minimum absolute atomic E-state index is 1.01. The molecule has 0 atom stereocenters. The van der Waals surface area contributed by atoms with Crippen molar-refractivity contribution in [1.82, 2.24) is 9.38 Å². The van der Waals surface area contributed by atoms with Gasteiger partial charge in [0.05, 0.1) is 22.2 Å². The molecule has 2 aromatic heterocycles. The molecule has 0 spiro atoms. The molecule has 0 saturated heterocycles. The van der Waals surface area contributed by atoms with Crippen LogP contribution in [0.3, 0.4) is 0 Å². The maximum atomic E-state index is 5.04. The molecular formula is C21H14N2. The highest BCUT2D eigenvalue weighted by molar-refractivity contribution is 6.08. The zero-order chi connectivity index (χ0) is 15.2. The summed E-state index contributed by atoms with van der Waals surface area (Å²) in [5, 5.41) is 2.43. The summed E-state index contributed by atoms with van der Waals surface area (Å²) < 4.78 is 2.24. The van der Waals surface area contributed by atoms with Crippen molar-refractivity contribution in [3.05, 3.63) is 85.1 Å². The molecule has 2 heteroatoms. The Balaban J connectivity index is 2.09. The van der Waals surface area contributed by atoms with Gasteiger partial charge in [-0.3, -0.25) is 0 Å². The molecule has 0 aliphatic heterocycles. The van der Waals surface area contributed by atoms with E-state index >= 15 is 0 Å². The summed E-state index contributed by atoms with van der Waals surface area (Å²) in [4.78, 5) is 5.04. The number of aromatic nitrogens is 2. The molecule has 2 heterocycles. The zero-order valence-corrected chi connectivity index (χ0v) is 12.5. The third-order valence-electron chi connectivity index (χ3n) is 4.39. The summed E-state index contributed by atoms with van der Waals surface area (Å²) in [7, 11) is 0. The fraction of sp³-hybridized carbons (Fsp3) is 0. The van der Waals surface area contributed by atoms with Crippen molar-refractivity contribution < 1.29 is 0 Å². The van der Waals surface area contributed by atoms with Gasteiger partial charge < -0.3 is 4.40 Å². The molecule has 0 aliphatic rings. The molecule has 0 radical (unpaired) electrons. The van der Waals surface area contributed by atoms with Crippen molar-refractivity contribution in [1.29, 1.82) is 0 Å². The predicted octanol–water partition coefficient (Wildman–Crippen LogP) is 5.31. The van der Waals surface area contributed by atoms with Crippen LogP contribution in [-0.2, 0) is 0 Å². The van der Waals surface area contributed by atoms with Gasteiger partial charge in [0.25, 0.3) is 0 Å². The first-order valence-electron chi connectivity index (χ1n) is 7.76. The van der Waals surface area contributed by atoms with Gasteiger partial charge in [-0.05, 0) is 29.7 Å². The van der Waals surface area contributed by atoms with Crippen LogP contribution in [0.5, 0.6) is 0 Å². The predicted molar refractivity (Wildman–Crippen MR) is 95.6 cm³/mol. The number of hydrogen-bond acceptors (Lipinski definition) is 1. The average molecular weight is 294 g/mol. The van der Waals surface area contributed by atoms with Crippen LogP contribution >= 0.6 is 0 Å². The molecule has 108 valence electrons. The summed E-state index contributed by atoms with van der Waals surface area (Å²) in [6.07, 6.45) is 2.12. The second-order valence-electron chi connectivity index (χ2n) is 5.74. The zero-order valence-electron chi connectivity index (χ0n) is 12.5. The van der Waals surface area contributed by atoms with Crippen molar-refractivity contribution in [2.45, 2.75) is 0 Å². The van der Waals surface area contributed by atoms with E-state index in [1.807, 2.05) is 6.07 Å². The molecule has 0 unspecified atom stereocenters. The SMILES string of the molecule is c1ccc(-c2nc3cccc4cccc(c43)n3cccc23)cc1. The second-order valence-corrected chi connectivity index (χ2v) is 5.74. The van der Waals surface area contributed by atoms with E-state index in [0.29, 0.717) is 0 Å². The molecule has 3 aromatic carbocycles. The van der Waals surface area contributed by atoms with Gasteiger partial charge in [-0.2, -0.15) is 0 Å². The monoisotopic (exact) mass is 294 g/mol. The number of fused-ring (bicyclic) bond motifs is 2. The minimum atomic E-state index is 1.01. The highest BCUT2D eigenvalue weighted by atomic mass is 14.9. The van der Waals surface area contributed by atoms with Crippen LogP contribution in [-0.4, -0.2) is 9.38 Å². The van der Waals surface area contributed by atoms with Crippen LogP contribution in [0, 0.1) is 0 Å². The number of rotatable bonds is 1. The largest absolute Gasteiger partial charge is 0.314 e. The van der Waals surface area contributed by atoms with Gasteiger partial charge in [0.1, 0.15) is 0 Å². The Morgan fingerprint density at radius 1 is 0.652 bits per heavy atom. The van der Waals surface area contributed by atoms with E-state index in [2.05, 4.69) is 83.4 Å². The summed E-state index contributed by atoms with van der Waals surface area (Å²) in [6.45, 7) is 0. The molecule has 23 heavy (non-hydrogen) atoms. The minimum Gasteiger partial charge on any atom is -0.314 e. The third kappa shape index (κ3) is 1.78. The molecule has 0 amide bonds. The van der Waals surface area contributed by atoms with E-state index in [1.54, 1.807) is 0 Å². The van der Waals surface area contributed by atoms with Gasteiger partial charge in [0.2, 0.25) is 0 Å². The highest BCUT2D eigenvalue weighted by Gasteiger charge is 2.10. The van der Waals surface area contributed by atoms with Crippen molar-refractivity contribution >= 4 is 27.3 Å². The Kier molecular flexibility index (Phi) is 2.53. The summed E-state index contributed by atoms with van der Waals surface area (Å²) in [6, 6.07) is 27.4. The van der Waals surface area contributed by atoms with E-state index in [9.17, 15) is 0 Å². The van der Waals surface area contributed by atoms with E-state index in [1.165, 1.54) is 16.3 Å². The lowest BCUT2D eigenvalue weighted by Crippen LogP contribution is -1.84. The maximum absolute atomic E-state index is 5.04. The Labute approximate surface area is 133 Å². The van der Waals surface area contributed by atoms with Crippen LogP contribution < -0.4 is 0 Å². The molecule has 5 aromatic rings. The molecule has 0 bridgehead atoms. The Bertz CT molecular complexity index is 1150. The maximum Gasteiger partial charge on any atom is 0.0949 e. The van der Waals surface area contributed by atoms with E-state index in [-0.39, 0.29) is 0 Å². The standard InChI is InChI=1S/C21H14N2/c1-2-7-16(8-3-1)21-19-13-6-14-23(19)18-12-5-10-15-9-4-11-17(22-21)20(15)18/h1-14H. The van der Waals surface area contributed by atoms with Crippen LogP contribution in [0.4, 0.5) is 0 Å². The fourth-order valence-electron chi connectivity index (χ4n) is 3.37. The molecule has 2 nitrogen and oxygen atoms in total. The highest BCUT2D eigenvalue weighted by Crippen LogP contribution is 2.30. The van der Waals surface area contributed by atoms with Gasteiger partial charge in [-0.1, -0.05) is 54.6 Å². The van der Waals surface area contributed by atoms with Crippen molar-refractivity contribution in [3.63, 3.8) is 0 Å². The second kappa shape index (κ2) is 4.68. The Morgan fingerprint density at radius 3 is 2.30 bits per heavy atom. The van der Waals surface area contributed by atoms with Crippen LogP contribution in [0.25, 0.3) is 38.6 Å². The molecular weight excluding hydrogens is 280 g/mol. The third-order valence-corrected chi connectivity index (χ3v) is 4.39. The number of benzene rings is 3. The van der Waals surface area contributed by atoms with Crippen LogP contribution in [0.1, 0.15) is 0 Å². The first-order valence-corrected chi connectivity index (χ1v) is 7.76. The molecule has 0 saturated carbocycles. The van der Waals surface area contributed by atoms with Gasteiger partial charge in [0.15, 0.2) is 0 Å². The van der Waals surface area contributed by atoms with Gasteiger partial charge in [-0.15, -0.1) is 0 Å². The summed E-state index contributed by atoms with van der Waals surface area (Å²) in [5.41, 5.74) is 5.49. The summed E-state index contributed by atoms with van der Waals surface area (Å²) in [5.74, 6) is 0. The van der Waals surface area contributed by atoms with Gasteiger partial charge in [-0.25, -0.2) is 4.98 Å². The van der Waals surface area contributed by atoms with E-state index in [0.717, 1.165) is 22.3 Å². The lowest BCUT2D eigenvalue weighted by Gasteiger charge is -2.01. The first kappa shape index (κ1) is 12.4. The van der Waals surface area contributed by atoms with Crippen molar-refractivity contribution in [3.8, 4) is 11.3 Å². The molecule has 0 aliphatic carbocycles. The number of hydrogen-bond donors (Lipinski definition) is 0. The molecule has 5 rings (SSSR count). The van der Waals surface area contributed by atoms with Gasteiger partial charge >= 0.3 is 0 Å². The summed E-state index contributed by atoms with van der Waals surface area (Å²) >= 11 is 0. The van der Waals surface area contributed by atoms with Crippen molar-refractivity contribution in [2.75, 3.05) is 0 Å². The Morgan fingerprint density at radius 2 is 1.43 bits per heavy atom. The van der Waals surface area contributed by atoms with Crippen LogP contribution in [0.15, 0.2) is 85.1 Å². The molecule has 0 N–H and O–H groups in total. The smallest absolute Gasteiger partial charge is 0.0949 e. The topological polar surface area (TPSA) is 17.3 Å². The normalized spacial score (nSPS) is 11.5. The lowest BCUT2D eigenvalue weighted by atomic mass is 10.1.